The van der Waals surface area contributed by atoms with Gasteiger partial charge in [0.1, 0.15) is 19.3 Å². The number of rotatable bonds is 52. The Morgan fingerprint density at radius 2 is 0.648 bits per heavy atom. The summed E-state index contributed by atoms with van der Waals surface area (Å²) >= 11 is 0. The molecule has 0 aliphatic rings. The smallest absolute Gasteiger partial charge is 0.462 e. The molecular weight excluding hydrogens is 959 g/mol. The molecule has 0 spiro atoms. The normalized spacial score (nSPS) is 14.6. The van der Waals surface area contributed by atoms with Gasteiger partial charge < -0.3 is 33.8 Å². The fourth-order valence-electron chi connectivity index (χ4n) is 7.46. The molecule has 0 aliphatic carbocycles. The summed E-state index contributed by atoms with van der Waals surface area (Å²) < 4.78 is 67.1. The Morgan fingerprint density at radius 3 is 0.958 bits per heavy atom. The number of phosphoric ester groups is 2. The Kier molecular flexibility index (Phi) is 45.3. The number of aliphatic hydroxyl groups is 1. The highest BCUT2D eigenvalue weighted by atomic mass is 31.2. The van der Waals surface area contributed by atoms with E-state index in [1.54, 1.807) is 0 Å². The molecule has 0 aliphatic heterocycles. The largest absolute Gasteiger partial charge is 0.472 e. The molecule has 19 heteroatoms. The van der Waals surface area contributed by atoms with Gasteiger partial charge in [0.2, 0.25) is 0 Å². The number of carbonyl (C=O) groups excluding carboxylic acids is 4. The van der Waals surface area contributed by atoms with Crippen molar-refractivity contribution in [2.24, 2.45) is 5.92 Å². The lowest BCUT2D eigenvalue weighted by molar-refractivity contribution is -0.161. The number of esters is 4. The first-order chi connectivity index (χ1) is 34.0. The fraction of sp³-hybridized carbons (Fsp3) is 0.923. The maximum atomic E-state index is 12.8. The van der Waals surface area contributed by atoms with Crippen molar-refractivity contribution in [1.82, 2.24) is 0 Å². The lowest BCUT2D eigenvalue weighted by Crippen LogP contribution is -2.30. The zero-order valence-corrected chi connectivity index (χ0v) is 46.6. The minimum atomic E-state index is -4.93. The molecule has 0 aromatic heterocycles. The van der Waals surface area contributed by atoms with Gasteiger partial charge in [-0.15, -0.1) is 0 Å². The standard InChI is InChI=1S/C52H100O17P2/c1-6-9-12-15-17-19-21-26-31-36-50(55)63-42-48(69-52(57)38-33-28-23-22-25-29-34-45(4)5)44-67-71(60,61)65-40-46(53)39-64-70(58,59)66-43-47(41-62-49(54)35-30-24-14-11-8-3)68-51(56)37-32-27-20-18-16-13-10-7-2/h45-48,53H,6-44H2,1-5H3,(H,58,59)(H,60,61)/t46-,47+,48+/m0/s1. The van der Waals surface area contributed by atoms with Gasteiger partial charge in [-0.2, -0.15) is 0 Å². The minimum Gasteiger partial charge on any atom is -0.462 e. The molecule has 0 aromatic rings. The Bertz CT molecular complexity index is 1420. The summed E-state index contributed by atoms with van der Waals surface area (Å²) in [5.41, 5.74) is 0. The third-order valence-electron chi connectivity index (χ3n) is 11.8. The molecule has 0 saturated carbocycles. The molecule has 5 atom stereocenters. The first-order valence-corrected chi connectivity index (χ1v) is 30.6. The second-order valence-electron chi connectivity index (χ2n) is 19.4. The van der Waals surface area contributed by atoms with Crippen molar-refractivity contribution < 1.29 is 80.2 Å². The quantitative estimate of drug-likeness (QED) is 0.0222. The van der Waals surface area contributed by atoms with Crippen LogP contribution >= 0.6 is 15.6 Å². The number of hydrogen-bond acceptors (Lipinski definition) is 15. The summed E-state index contributed by atoms with van der Waals surface area (Å²) in [4.78, 5) is 71.2. The number of ether oxygens (including phenoxy) is 4. The molecule has 2 unspecified atom stereocenters. The van der Waals surface area contributed by atoms with Crippen LogP contribution in [0.25, 0.3) is 0 Å². The Balaban J connectivity index is 5.18. The van der Waals surface area contributed by atoms with E-state index in [2.05, 4.69) is 34.6 Å². The van der Waals surface area contributed by atoms with Crippen LogP contribution in [0.15, 0.2) is 0 Å². The van der Waals surface area contributed by atoms with Crippen molar-refractivity contribution in [3.05, 3.63) is 0 Å². The number of unbranched alkanes of at least 4 members (excludes halogenated alkanes) is 24. The maximum Gasteiger partial charge on any atom is 0.472 e. The molecule has 0 fully saturated rings. The van der Waals surface area contributed by atoms with Gasteiger partial charge in [-0.1, -0.05) is 195 Å². The van der Waals surface area contributed by atoms with Gasteiger partial charge in [0, 0.05) is 25.7 Å². The molecule has 3 N–H and O–H groups in total. The van der Waals surface area contributed by atoms with E-state index >= 15 is 0 Å². The van der Waals surface area contributed by atoms with E-state index in [9.17, 15) is 43.2 Å². The van der Waals surface area contributed by atoms with Crippen LogP contribution in [0.4, 0.5) is 0 Å². The minimum absolute atomic E-state index is 0.102. The Labute approximate surface area is 428 Å². The van der Waals surface area contributed by atoms with Crippen LogP contribution in [-0.2, 0) is 65.4 Å². The molecule has 420 valence electrons. The topological polar surface area (TPSA) is 237 Å². The van der Waals surface area contributed by atoms with Crippen LogP contribution in [0.5, 0.6) is 0 Å². The van der Waals surface area contributed by atoms with Crippen LogP contribution in [-0.4, -0.2) is 96.7 Å². The SMILES string of the molecule is CCCCCCCCCCCC(=O)OC[C@H](COP(=O)(O)OC[C@@H](O)COP(=O)(O)OC[C@@H](COC(=O)CCCCCCC)OC(=O)CCCCCCCCCC)OC(=O)CCCCCCCCC(C)C. The van der Waals surface area contributed by atoms with E-state index in [-0.39, 0.29) is 25.7 Å². The molecule has 0 rings (SSSR count). The maximum absolute atomic E-state index is 12.8. The van der Waals surface area contributed by atoms with E-state index in [1.807, 2.05) is 0 Å². The van der Waals surface area contributed by atoms with Gasteiger partial charge >= 0.3 is 39.5 Å². The zero-order chi connectivity index (χ0) is 52.9. The number of carbonyl (C=O) groups is 4. The molecule has 0 aromatic carbocycles. The summed E-state index contributed by atoms with van der Waals surface area (Å²) in [5, 5.41) is 10.4. The van der Waals surface area contributed by atoms with Crippen molar-refractivity contribution in [2.45, 2.75) is 265 Å². The van der Waals surface area contributed by atoms with Crippen molar-refractivity contribution in [3.8, 4) is 0 Å². The third-order valence-corrected chi connectivity index (χ3v) is 13.7. The predicted molar refractivity (Wildman–Crippen MR) is 275 cm³/mol. The van der Waals surface area contributed by atoms with E-state index in [4.69, 9.17) is 37.0 Å². The van der Waals surface area contributed by atoms with Crippen molar-refractivity contribution in [3.63, 3.8) is 0 Å². The summed E-state index contributed by atoms with van der Waals surface area (Å²) in [6.45, 7) is 6.87. The van der Waals surface area contributed by atoms with E-state index in [0.29, 0.717) is 31.6 Å². The monoisotopic (exact) mass is 1060 g/mol. The summed E-state index contributed by atoms with van der Waals surface area (Å²) in [5.74, 6) is -1.50. The van der Waals surface area contributed by atoms with Crippen molar-refractivity contribution >= 4 is 39.5 Å². The molecule has 17 nitrogen and oxygen atoms in total. The van der Waals surface area contributed by atoms with Gasteiger partial charge in [0.15, 0.2) is 12.2 Å². The van der Waals surface area contributed by atoms with Crippen LogP contribution < -0.4 is 0 Å². The van der Waals surface area contributed by atoms with Crippen LogP contribution in [0.1, 0.15) is 247 Å². The van der Waals surface area contributed by atoms with E-state index < -0.39 is 97.5 Å². The first kappa shape index (κ1) is 69.1. The van der Waals surface area contributed by atoms with Gasteiger partial charge in [0.05, 0.1) is 26.4 Å². The zero-order valence-electron chi connectivity index (χ0n) is 44.8. The van der Waals surface area contributed by atoms with E-state index in [1.165, 1.54) is 57.8 Å². The summed E-state index contributed by atoms with van der Waals surface area (Å²) in [7, 11) is -9.85. The van der Waals surface area contributed by atoms with Crippen molar-refractivity contribution in [1.29, 1.82) is 0 Å². The third kappa shape index (κ3) is 47.5. The molecule has 0 saturated heterocycles. The molecule has 0 bridgehead atoms. The van der Waals surface area contributed by atoms with Crippen molar-refractivity contribution in [2.75, 3.05) is 39.6 Å². The summed E-state index contributed by atoms with van der Waals surface area (Å²) in [6, 6.07) is 0. The lowest BCUT2D eigenvalue weighted by atomic mass is 10.0. The van der Waals surface area contributed by atoms with Gasteiger partial charge in [-0.25, -0.2) is 9.13 Å². The Morgan fingerprint density at radius 1 is 0.380 bits per heavy atom. The number of hydrogen-bond donors (Lipinski definition) is 3. The van der Waals surface area contributed by atoms with Crippen LogP contribution in [0, 0.1) is 5.92 Å². The summed E-state index contributed by atoms with van der Waals surface area (Å²) in [6.07, 6.45) is 25.8. The fourth-order valence-corrected chi connectivity index (χ4v) is 9.04. The number of aliphatic hydroxyl groups excluding tert-OH is 1. The van der Waals surface area contributed by atoms with Gasteiger partial charge in [-0.05, 0) is 31.6 Å². The second-order valence-corrected chi connectivity index (χ2v) is 22.3. The predicted octanol–water partition coefficient (Wildman–Crippen LogP) is 13.1. The van der Waals surface area contributed by atoms with Gasteiger partial charge in [-0.3, -0.25) is 37.3 Å². The highest BCUT2D eigenvalue weighted by Crippen LogP contribution is 2.45. The molecular formula is C52H100O17P2. The average molecular weight is 1060 g/mol. The lowest BCUT2D eigenvalue weighted by Gasteiger charge is -2.21. The average Bonchev–Trinajstić information content (AvgIpc) is 3.33. The molecule has 0 heterocycles. The Hall–Kier alpha value is -1.94. The van der Waals surface area contributed by atoms with E-state index in [0.717, 1.165) is 103 Å². The molecule has 0 radical (unpaired) electrons. The highest BCUT2D eigenvalue weighted by molar-refractivity contribution is 7.47. The molecule has 0 amide bonds. The van der Waals surface area contributed by atoms with Crippen LogP contribution in [0.2, 0.25) is 0 Å². The second kappa shape index (κ2) is 46.6. The van der Waals surface area contributed by atoms with Gasteiger partial charge in [0.25, 0.3) is 0 Å². The first-order valence-electron chi connectivity index (χ1n) is 27.6. The number of phosphoric acid groups is 2. The van der Waals surface area contributed by atoms with Crippen LogP contribution in [0.3, 0.4) is 0 Å². The highest BCUT2D eigenvalue weighted by Gasteiger charge is 2.30. The molecule has 71 heavy (non-hydrogen) atoms.